The van der Waals surface area contributed by atoms with Crippen molar-refractivity contribution in [3.8, 4) is 0 Å². The number of benzene rings is 1. The van der Waals surface area contributed by atoms with Crippen molar-refractivity contribution in [2.24, 2.45) is 0 Å². The first-order valence-corrected chi connectivity index (χ1v) is 3.93. The fourth-order valence-corrected chi connectivity index (χ4v) is 1.19. The molecule has 14 heavy (non-hydrogen) atoms. The summed E-state index contributed by atoms with van der Waals surface area (Å²) >= 11 is 0. The van der Waals surface area contributed by atoms with Crippen LogP contribution in [0, 0.1) is 12.7 Å². The summed E-state index contributed by atoms with van der Waals surface area (Å²) in [7, 11) is 1.18. The van der Waals surface area contributed by atoms with E-state index < -0.39 is 11.8 Å². The maximum atomic E-state index is 12.9. The first-order chi connectivity index (χ1) is 6.60. The highest BCUT2D eigenvalue weighted by atomic mass is 19.1. The van der Waals surface area contributed by atoms with E-state index in [4.69, 9.17) is 0 Å². The Hall–Kier alpha value is -1.71. The fraction of sp³-hybridized carbons (Fsp3) is 0.200. The Morgan fingerprint density at radius 3 is 2.64 bits per heavy atom. The van der Waals surface area contributed by atoms with Crippen LogP contribution in [-0.2, 0) is 4.74 Å². The van der Waals surface area contributed by atoms with Crippen molar-refractivity contribution in [2.75, 3.05) is 7.11 Å². The molecule has 0 saturated heterocycles. The van der Waals surface area contributed by atoms with E-state index in [0.29, 0.717) is 11.8 Å². The average Bonchev–Trinajstić information content (AvgIpc) is 2.15. The lowest BCUT2D eigenvalue weighted by molar-refractivity contribution is 0.0597. The van der Waals surface area contributed by atoms with Crippen LogP contribution in [0.15, 0.2) is 12.1 Å². The van der Waals surface area contributed by atoms with Crippen LogP contribution in [0.3, 0.4) is 0 Å². The Morgan fingerprint density at radius 2 is 2.14 bits per heavy atom. The van der Waals surface area contributed by atoms with Crippen molar-refractivity contribution >= 4 is 12.3 Å². The van der Waals surface area contributed by atoms with Crippen LogP contribution in [0.5, 0.6) is 0 Å². The highest BCUT2D eigenvalue weighted by Crippen LogP contribution is 2.15. The molecule has 1 rings (SSSR count). The van der Waals surface area contributed by atoms with Gasteiger partial charge in [-0.2, -0.15) is 0 Å². The predicted octanol–water partition coefficient (Wildman–Crippen LogP) is 1.73. The zero-order valence-corrected chi connectivity index (χ0v) is 7.83. The number of ether oxygens (including phenoxy) is 1. The molecule has 0 fully saturated rings. The minimum Gasteiger partial charge on any atom is -0.465 e. The normalized spacial score (nSPS) is 9.64. The third kappa shape index (κ3) is 1.79. The predicted molar refractivity (Wildman–Crippen MR) is 47.9 cm³/mol. The lowest BCUT2D eigenvalue weighted by atomic mass is 10.0. The molecule has 0 heterocycles. The van der Waals surface area contributed by atoms with E-state index in [1.807, 2.05) is 0 Å². The van der Waals surface area contributed by atoms with Gasteiger partial charge in [-0.1, -0.05) is 0 Å². The third-order valence-corrected chi connectivity index (χ3v) is 1.87. The molecular formula is C10H9FO3. The Morgan fingerprint density at radius 1 is 1.50 bits per heavy atom. The van der Waals surface area contributed by atoms with Crippen LogP contribution in [0.2, 0.25) is 0 Å². The molecule has 0 aliphatic rings. The average molecular weight is 196 g/mol. The van der Waals surface area contributed by atoms with Gasteiger partial charge in [-0.05, 0) is 24.6 Å². The fourth-order valence-electron chi connectivity index (χ4n) is 1.19. The molecule has 0 aromatic heterocycles. The number of aryl methyl sites for hydroxylation is 1. The second kappa shape index (κ2) is 4.00. The topological polar surface area (TPSA) is 43.4 Å². The highest BCUT2D eigenvalue weighted by Gasteiger charge is 2.14. The van der Waals surface area contributed by atoms with Crippen LogP contribution in [0.4, 0.5) is 4.39 Å². The molecule has 0 unspecified atom stereocenters. The zero-order chi connectivity index (χ0) is 10.7. The summed E-state index contributed by atoms with van der Waals surface area (Å²) in [5.74, 6) is -1.27. The maximum Gasteiger partial charge on any atom is 0.338 e. The quantitative estimate of drug-likeness (QED) is 0.534. The SMILES string of the molecule is COC(=O)c1cc(F)cc(C)c1C=O. The van der Waals surface area contributed by atoms with Crippen molar-refractivity contribution in [3.63, 3.8) is 0 Å². The van der Waals surface area contributed by atoms with Gasteiger partial charge in [0.1, 0.15) is 5.82 Å². The van der Waals surface area contributed by atoms with E-state index in [0.717, 1.165) is 6.07 Å². The molecule has 3 nitrogen and oxygen atoms in total. The molecule has 1 aromatic carbocycles. The largest absolute Gasteiger partial charge is 0.465 e. The van der Waals surface area contributed by atoms with Gasteiger partial charge in [0.15, 0.2) is 6.29 Å². The van der Waals surface area contributed by atoms with E-state index in [2.05, 4.69) is 4.74 Å². The smallest absolute Gasteiger partial charge is 0.338 e. The minimum absolute atomic E-state index is 0.0417. The van der Waals surface area contributed by atoms with Crippen LogP contribution in [0.1, 0.15) is 26.3 Å². The standard InChI is InChI=1S/C10H9FO3/c1-6-3-7(11)4-8(9(6)5-12)10(13)14-2/h3-5H,1-2H3. The minimum atomic E-state index is -0.713. The van der Waals surface area contributed by atoms with Gasteiger partial charge in [-0.15, -0.1) is 0 Å². The lowest BCUT2D eigenvalue weighted by Crippen LogP contribution is -2.07. The Balaban J connectivity index is 3.39. The third-order valence-electron chi connectivity index (χ3n) is 1.87. The molecule has 0 aliphatic heterocycles. The van der Waals surface area contributed by atoms with Gasteiger partial charge < -0.3 is 4.74 Å². The highest BCUT2D eigenvalue weighted by molar-refractivity contribution is 5.99. The van der Waals surface area contributed by atoms with E-state index in [1.165, 1.54) is 13.2 Å². The molecule has 0 aliphatic carbocycles. The summed E-state index contributed by atoms with van der Waals surface area (Å²) in [5, 5.41) is 0. The number of hydrogen-bond donors (Lipinski definition) is 0. The summed E-state index contributed by atoms with van der Waals surface area (Å²) in [6.07, 6.45) is 0.515. The van der Waals surface area contributed by atoms with Gasteiger partial charge in [-0.3, -0.25) is 4.79 Å². The summed E-state index contributed by atoms with van der Waals surface area (Å²) in [6, 6.07) is 2.18. The number of esters is 1. The van der Waals surface area contributed by atoms with Crippen molar-refractivity contribution in [2.45, 2.75) is 6.92 Å². The van der Waals surface area contributed by atoms with Crippen LogP contribution in [-0.4, -0.2) is 19.4 Å². The Kier molecular flexibility index (Phi) is 2.96. The zero-order valence-electron chi connectivity index (χ0n) is 7.83. The van der Waals surface area contributed by atoms with E-state index in [1.54, 1.807) is 6.92 Å². The molecule has 0 saturated carbocycles. The molecule has 0 bridgehead atoms. The summed E-state index contributed by atoms with van der Waals surface area (Å²) in [6.45, 7) is 1.55. The van der Waals surface area contributed by atoms with Crippen LogP contribution < -0.4 is 0 Å². The van der Waals surface area contributed by atoms with E-state index in [9.17, 15) is 14.0 Å². The molecular weight excluding hydrogens is 187 g/mol. The summed E-state index contributed by atoms with van der Waals surface area (Å²) < 4.78 is 17.3. The number of aldehydes is 1. The number of halogens is 1. The first kappa shape index (κ1) is 10.4. The number of carbonyl (C=O) groups is 2. The molecule has 4 heteroatoms. The van der Waals surface area contributed by atoms with Gasteiger partial charge in [0.2, 0.25) is 0 Å². The van der Waals surface area contributed by atoms with Crippen molar-refractivity contribution in [1.82, 2.24) is 0 Å². The molecule has 1 aromatic rings. The van der Waals surface area contributed by atoms with Gasteiger partial charge >= 0.3 is 5.97 Å². The molecule has 0 spiro atoms. The number of carbonyl (C=O) groups excluding carboxylic acids is 2. The van der Waals surface area contributed by atoms with Crippen molar-refractivity contribution in [1.29, 1.82) is 0 Å². The molecule has 0 radical (unpaired) electrons. The molecule has 0 atom stereocenters. The van der Waals surface area contributed by atoms with Crippen molar-refractivity contribution < 1.29 is 18.7 Å². The van der Waals surface area contributed by atoms with Gasteiger partial charge in [0, 0.05) is 5.56 Å². The second-order valence-corrected chi connectivity index (χ2v) is 2.79. The van der Waals surface area contributed by atoms with Crippen LogP contribution in [0.25, 0.3) is 0 Å². The maximum absolute atomic E-state index is 12.9. The lowest BCUT2D eigenvalue weighted by Gasteiger charge is -2.05. The Bertz CT molecular complexity index is 385. The summed E-state index contributed by atoms with van der Waals surface area (Å²) in [5.41, 5.74) is 0.540. The van der Waals surface area contributed by atoms with E-state index in [-0.39, 0.29) is 11.1 Å². The molecule has 0 amide bonds. The first-order valence-electron chi connectivity index (χ1n) is 3.93. The van der Waals surface area contributed by atoms with E-state index >= 15 is 0 Å². The monoisotopic (exact) mass is 196 g/mol. The Labute approximate surface area is 80.5 Å². The number of methoxy groups -OCH3 is 1. The van der Waals surface area contributed by atoms with Crippen LogP contribution >= 0.6 is 0 Å². The molecule has 74 valence electrons. The van der Waals surface area contributed by atoms with Gasteiger partial charge in [0.25, 0.3) is 0 Å². The number of hydrogen-bond acceptors (Lipinski definition) is 3. The van der Waals surface area contributed by atoms with Gasteiger partial charge in [0.05, 0.1) is 12.7 Å². The molecule has 0 N–H and O–H groups in total. The second-order valence-electron chi connectivity index (χ2n) is 2.79. The van der Waals surface area contributed by atoms with Crippen molar-refractivity contribution in [3.05, 3.63) is 34.6 Å². The van der Waals surface area contributed by atoms with Gasteiger partial charge in [-0.25, -0.2) is 9.18 Å². The number of rotatable bonds is 2. The summed E-state index contributed by atoms with van der Waals surface area (Å²) in [4.78, 5) is 21.8.